The number of ether oxygens (including phenoxy) is 1. The Labute approximate surface area is 87.0 Å². The van der Waals surface area contributed by atoms with Crippen LogP contribution in [0.1, 0.15) is 40.0 Å². The fourth-order valence-corrected chi connectivity index (χ4v) is 2.53. The molecular formula is C12H22O2. The molecule has 0 spiro atoms. The van der Waals surface area contributed by atoms with Gasteiger partial charge < -0.3 is 4.74 Å². The molecule has 0 aromatic carbocycles. The lowest BCUT2D eigenvalue weighted by Crippen LogP contribution is -2.28. The van der Waals surface area contributed by atoms with E-state index in [1.807, 2.05) is 6.92 Å². The van der Waals surface area contributed by atoms with E-state index in [9.17, 15) is 4.79 Å². The molecule has 1 saturated carbocycles. The third kappa shape index (κ3) is 3.41. The lowest BCUT2D eigenvalue weighted by Gasteiger charge is -2.30. The van der Waals surface area contributed by atoms with Crippen molar-refractivity contribution < 1.29 is 9.53 Å². The quantitative estimate of drug-likeness (QED) is 0.694. The number of carbonyl (C=O) groups is 1. The smallest absolute Gasteiger partial charge is 0.161 e. The molecule has 0 aromatic rings. The van der Waals surface area contributed by atoms with Crippen LogP contribution in [0.5, 0.6) is 0 Å². The van der Waals surface area contributed by atoms with Crippen LogP contribution in [0.2, 0.25) is 0 Å². The van der Waals surface area contributed by atoms with Crippen LogP contribution in [0.4, 0.5) is 0 Å². The topological polar surface area (TPSA) is 26.3 Å². The zero-order valence-corrected chi connectivity index (χ0v) is 9.58. The van der Waals surface area contributed by atoms with Crippen LogP contribution < -0.4 is 0 Å². The van der Waals surface area contributed by atoms with E-state index in [2.05, 4.69) is 13.8 Å². The first-order valence-electron chi connectivity index (χ1n) is 5.74. The summed E-state index contributed by atoms with van der Waals surface area (Å²) >= 11 is 0. The molecule has 0 radical (unpaired) electrons. The third-order valence-corrected chi connectivity index (χ3v) is 3.08. The Balaban J connectivity index is 2.38. The van der Waals surface area contributed by atoms with Crippen molar-refractivity contribution in [3.8, 4) is 0 Å². The summed E-state index contributed by atoms with van der Waals surface area (Å²) in [6.45, 7) is 7.39. The SMILES string of the molecule is CCOCC(=O)C1CC(C)CC(C)C1. The number of hydrogen-bond acceptors (Lipinski definition) is 2. The highest BCUT2D eigenvalue weighted by molar-refractivity contribution is 5.82. The second-order valence-electron chi connectivity index (χ2n) is 4.72. The Kier molecular flexibility index (Phi) is 4.59. The fourth-order valence-electron chi connectivity index (χ4n) is 2.53. The average molecular weight is 198 g/mol. The van der Waals surface area contributed by atoms with Crippen molar-refractivity contribution in [3.63, 3.8) is 0 Å². The van der Waals surface area contributed by atoms with Gasteiger partial charge in [-0.25, -0.2) is 0 Å². The first-order valence-corrected chi connectivity index (χ1v) is 5.74. The van der Waals surface area contributed by atoms with Gasteiger partial charge >= 0.3 is 0 Å². The van der Waals surface area contributed by atoms with Gasteiger partial charge in [-0.2, -0.15) is 0 Å². The van der Waals surface area contributed by atoms with Gasteiger partial charge in [-0.3, -0.25) is 4.79 Å². The number of rotatable bonds is 4. The molecule has 0 aromatic heterocycles. The maximum atomic E-state index is 11.7. The van der Waals surface area contributed by atoms with Crippen LogP contribution in [0, 0.1) is 17.8 Å². The Morgan fingerprint density at radius 2 is 1.79 bits per heavy atom. The highest BCUT2D eigenvalue weighted by Gasteiger charge is 2.28. The highest BCUT2D eigenvalue weighted by Crippen LogP contribution is 2.33. The third-order valence-electron chi connectivity index (χ3n) is 3.08. The molecule has 0 heterocycles. The molecular weight excluding hydrogens is 176 g/mol. The molecule has 2 nitrogen and oxygen atoms in total. The minimum Gasteiger partial charge on any atom is -0.374 e. The maximum absolute atomic E-state index is 11.7. The van der Waals surface area contributed by atoms with E-state index in [1.165, 1.54) is 6.42 Å². The van der Waals surface area contributed by atoms with E-state index >= 15 is 0 Å². The number of hydrogen-bond donors (Lipinski definition) is 0. The van der Waals surface area contributed by atoms with Gasteiger partial charge in [0, 0.05) is 12.5 Å². The van der Waals surface area contributed by atoms with Crippen molar-refractivity contribution in [2.24, 2.45) is 17.8 Å². The van der Waals surface area contributed by atoms with E-state index in [4.69, 9.17) is 4.74 Å². The van der Waals surface area contributed by atoms with E-state index in [1.54, 1.807) is 0 Å². The number of Topliss-reactive ketones (excluding diaryl/α,β-unsaturated/α-hetero) is 1. The van der Waals surface area contributed by atoms with E-state index < -0.39 is 0 Å². The average Bonchev–Trinajstić information content (AvgIpc) is 2.12. The molecule has 1 aliphatic carbocycles. The lowest BCUT2D eigenvalue weighted by atomic mass is 9.75. The lowest BCUT2D eigenvalue weighted by molar-refractivity contribution is -0.129. The van der Waals surface area contributed by atoms with Crippen LogP contribution in [-0.2, 0) is 9.53 Å². The summed E-state index contributed by atoms with van der Waals surface area (Å²) in [5.41, 5.74) is 0. The first kappa shape index (κ1) is 11.7. The van der Waals surface area contributed by atoms with E-state index in [-0.39, 0.29) is 5.92 Å². The molecule has 2 unspecified atom stereocenters. The predicted octanol–water partition coefficient (Wildman–Crippen LogP) is 2.66. The maximum Gasteiger partial charge on any atom is 0.161 e. The molecule has 2 atom stereocenters. The molecule has 0 saturated heterocycles. The van der Waals surface area contributed by atoms with Crippen molar-refractivity contribution in [1.29, 1.82) is 0 Å². The Hall–Kier alpha value is -0.370. The summed E-state index contributed by atoms with van der Waals surface area (Å²) < 4.78 is 5.17. The summed E-state index contributed by atoms with van der Waals surface area (Å²) in [6, 6.07) is 0. The molecule has 82 valence electrons. The van der Waals surface area contributed by atoms with Gasteiger partial charge in [-0.15, -0.1) is 0 Å². The second-order valence-corrected chi connectivity index (χ2v) is 4.72. The summed E-state index contributed by atoms with van der Waals surface area (Å²) in [6.07, 6.45) is 3.41. The van der Waals surface area contributed by atoms with Crippen LogP contribution in [0.3, 0.4) is 0 Å². The van der Waals surface area contributed by atoms with E-state index in [0.717, 1.165) is 12.8 Å². The zero-order chi connectivity index (χ0) is 10.6. The normalized spacial score (nSPS) is 32.9. The minimum absolute atomic E-state index is 0.264. The second kappa shape index (κ2) is 5.50. The highest BCUT2D eigenvalue weighted by atomic mass is 16.5. The number of ketones is 1. The molecule has 2 heteroatoms. The van der Waals surface area contributed by atoms with Crippen molar-refractivity contribution in [3.05, 3.63) is 0 Å². The van der Waals surface area contributed by atoms with Crippen molar-refractivity contribution in [2.75, 3.05) is 13.2 Å². The minimum atomic E-state index is 0.264. The standard InChI is InChI=1S/C12H22O2/c1-4-14-8-12(13)11-6-9(2)5-10(3)7-11/h9-11H,4-8H2,1-3H3. The Bertz CT molecular complexity index is 179. The van der Waals surface area contributed by atoms with Crippen LogP contribution >= 0.6 is 0 Å². The molecule has 0 bridgehead atoms. The largest absolute Gasteiger partial charge is 0.374 e. The first-order chi connectivity index (χ1) is 6.63. The van der Waals surface area contributed by atoms with Crippen molar-refractivity contribution in [2.45, 2.75) is 40.0 Å². The predicted molar refractivity (Wildman–Crippen MR) is 57.2 cm³/mol. The van der Waals surface area contributed by atoms with Gasteiger partial charge in [-0.05, 0) is 38.0 Å². The fraction of sp³-hybridized carbons (Fsp3) is 0.917. The summed E-state index contributed by atoms with van der Waals surface area (Å²) in [5, 5.41) is 0. The van der Waals surface area contributed by atoms with Gasteiger partial charge in [0.05, 0.1) is 0 Å². The van der Waals surface area contributed by atoms with Gasteiger partial charge in [-0.1, -0.05) is 13.8 Å². The van der Waals surface area contributed by atoms with Gasteiger partial charge in [0.2, 0.25) is 0 Å². The molecule has 0 N–H and O–H groups in total. The van der Waals surface area contributed by atoms with Gasteiger partial charge in [0.1, 0.15) is 6.61 Å². The zero-order valence-electron chi connectivity index (χ0n) is 9.58. The molecule has 0 amide bonds. The van der Waals surface area contributed by atoms with Crippen molar-refractivity contribution in [1.82, 2.24) is 0 Å². The summed E-state index contributed by atoms with van der Waals surface area (Å²) in [7, 11) is 0. The Morgan fingerprint density at radius 1 is 1.21 bits per heavy atom. The molecule has 1 fully saturated rings. The van der Waals surface area contributed by atoms with E-state index in [0.29, 0.717) is 30.8 Å². The molecule has 0 aliphatic heterocycles. The molecule has 1 rings (SSSR count). The van der Waals surface area contributed by atoms with Crippen LogP contribution in [0.15, 0.2) is 0 Å². The molecule has 1 aliphatic rings. The van der Waals surface area contributed by atoms with Gasteiger partial charge in [0.25, 0.3) is 0 Å². The van der Waals surface area contributed by atoms with Gasteiger partial charge in [0.15, 0.2) is 5.78 Å². The summed E-state index contributed by atoms with van der Waals surface area (Å²) in [4.78, 5) is 11.7. The molecule has 14 heavy (non-hydrogen) atoms. The van der Waals surface area contributed by atoms with Crippen LogP contribution in [-0.4, -0.2) is 19.0 Å². The number of carbonyl (C=O) groups excluding carboxylic acids is 1. The van der Waals surface area contributed by atoms with Crippen LogP contribution in [0.25, 0.3) is 0 Å². The monoisotopic (exact) mass is 198 g/mol. The summed E-state index contributed by atoms with van der Waals surface area (Å²) in [5.74, 6) is 1.98. The Morgan fingerprint density at radius 3 is 2.29 bits per heavy atom. The van der Waals surface area contributed by atoms with Crippen molar-refractivity contribution >= 4 is 5.78 Å².